The fourth-order valence-corrected chi connectivity index (χ4v) is 2.11. The summed E-state index contributed by atoms with van der Waals surface area (Å²) >= 11 is 0. The van der Waals surface area contributed by atoms with Gasteiger partial charge in [-0.1, -0.05) is 6.07 Å². The van der Waals surface area contributed by atoms with E-state index < -0.39 is 6.10 Å². The zero-order chi connectivity index (χ0) is 13.9. The Labute approximate surface area is 116 Å². The average Bonchev–Trinajstić information content (AvgIpc) is 2.93. The largest absolute Gasteiger partial charge is 0.479 e. The van der Waals surface area contributed by atoms with E-state index >= 15 is 0 Å². The number of nitrogens with one attached hydrogen (secondary N) is 2. The number of carbonyl (C=O) groups excluding carboxylic acids is 1. The van der Waals surface area contributed by atoms with Crippen LogP contribution in [0.15, 0.2) is 41.0 Å². The SMILES string of the molecule is CC1Oc2ccc(CNCc3ccco3)cc2NC1=O. The highest BCUT2D eigenvalue weighted by molar-refractivity contribution is 5.97. The van der Waals surface area contributed by atoms with Crippen LogP contribution in [0.2, 0.25) is 0 Å². The zero-order valence-electron chi connectivity index (χ0n) is 11.2. The average molecular weight is 272 g/mol. The molecule has 0 radical (unpaired) electrons. The van der Waals surface area contributed by atoms with Crippen molar-refractivity contribution in [2.75, 3.05) is 5.32 Å². The molecule has 3 rings (SSSR count). The Morgan fingerprint density at radius 1 is 1.30 bits per heavy atom. The Bertz CT molecular complexity index is 608. The van der Waals surface area contributed by atoms with E-state index in [1.54, 1.807) is 13.2 Å². The predicted molar refractivity (Wildman–Crippen MR) is 74.4 cm³/mol. The first kappa shape index (κ1) is 12.7. The van der Waals surface area contributed by atoms with Crippen LogP contribution in [-0.4, -0.2) is 12.0 Å². The molecule has 0 saturated heterocycles. The second-order valence-corrected chi connectivity index (χ2v) is 4.76. The van der Waals surface area contributed by atoms with Gasteiger partial charge in [-0.3, -0.25) is 4.79 Å². The van der Waals surface area contributed by atoms with E-state index in [-0.39, 0.29) is 5.91 Å². The third kappa shape index (κ3) is 2.67. The molecule has 5 nitrogen and oxygen atoms in total. The third-order valence-corrected chi connectivity index (χ3v) is 3.18. The first-order valence-electron chi connectivity index (χ1n) is 6.56. The predicted octanol–water partition coefficient (Wildman–Crippen LogP) is 2.29. The minimum absolute atomic E-state index is 0.113. The first-order chi connectivity index (χ1) is 9.72. The van der Waals surface area contributed by atoms with Gasteiger partial charge >= 0.3 is 0 Å². The molecule has 2 N–H and O–H groups in total. The van der Waals surface area contributed by atoms with Gasteiger partial charge in [0.15, 0.2) is 6.10 Å². The van der Waals surface area contributed by atoms with E-state index in [4.69, 9.17) is 9.15 Å². The molecule has 2 heterocycles. The second kappa shape index (κ2) is 5.38. The van der Waals surface area contributed by atoms with Crippen molar-refractivity contribution < 1.29 is 13.9 Å². The standard InChI is InChI=1S/C15H16N2O3/c1-10-15(18)17-13-7-11(4-5-14(13)20-10)8-16-9-12-3-2-6-19-12/h2-7,10,16H,8-9H2,1H3,(H,17,18). The molecule has 1 atom stereocenters. The van der Waals surface area contributed by atoms with Crippen molar-refractivity contribution in [1.29, 1.82) is 0 Å². The lowest BCUT2D eigenvalue weighted by Gasteiger charge is -2.23. The van der Waals surface area contributed by atoms with Gasteiger partial charge in [-0.2, -0.15) is 0 Å². The fourth-order valence-electron chi connectivity index (χ4n) is 2.11. The second-order valence-electron chi connectivity index (χ2n) is 4.76. The molecule has 0 spiro atoms. The summed E-state index contributed by atoms with van der Waals surface area (Å²) in [4.78, 5) is 11.6. The normalized spacial score (nSPS) is 17.2. The van der Waals surface area contributed by atoms with Crippen LogP contribution < -0.4 is 15.4 Å². The van der Waals surface area contributed by atoms with E-state index in [1.165, 1.54) is 0 Å². The molecular formula is C15H16N2O3. The summed E-state index contributed by atoms with van der Waals surface area (Å²) in [5.74, 6) is 1.50. The van der Waals surface area contributed by atoms with Crippen molar-refractivity contribution in [3.05, 3.63) is 47.9 Å². The summed E-state index contributed by atoms with van der Waals surface area (Å²) in [6.07, 6.45) is 1.22. The van der Waals surface area contributed by atoms with Gasteiger partial charge in [-0.25, -0.2) is 0 Å². The lowest BCUT2D eigenvalue weighted by atomic mass is 10.1. The summed E-state index contributed by atoms with van der Waals surface area (Å²) in [7, 11) is 0. The van der Waals surface area contributed by atoms with Crippen molar-refractivity contribution in [1.82, 2.24) is 5.32 Å². The molecule has 1 aliphatic rings. The first-order valence-corrected chi connectivity index (χ1v) is 6.56. The zero-order valence-corrected chi connectivity index (χ0v) is 11.2. The van der Waals surface area contributed by atoms with Crippen molar-refractivity contribution in [3.8, 4) is 5.75 Å². The summed E-state index contributed by atoms with van der Waals surface area (Å²) in [6, 6.07) is 9.58. The maximum atomic E-state index is 11.6. The van der Waals surface area contributed by atoms with Gasteiger partial charge < -0.3 is 19.8 Å². The summed E-state index contributed by atoms with van der Waals surface area (Å²) in [5, 5.41) is 6.13. The minimum Gasteiger partial charge on any atom is -0.479 e. The molecular weight excluding hydrogens is 256 g/mol. The number of benzene rings is 1. The monoisotopic (exact) mass is 272 g/mol. The van der Waals surface area contributed by atoms with Crippen LogP contribution in [0.4, 0.5) is 5.69 Å². The Balaban J connectivity index is 1.63. The van der Waals surface area contributed by atoms with Crippen LogP contribution in [0.25, 0.3) is 0 Å². The van der Waals surface area contributed by atoms with Gasteiger partial charge in [-0.05, 0) is 36.8 Å². The fraction of sp³-hybridized carbons (Fsp3) is 0.267. The van der Waals surface area contributed by atoms with Gasteiger partial charge in [0.05, 0.1) is 18.5 Å². The molecule has 0 aliphatic carbocycles. The smallest absolute Gasteiger partial charge is 0.265 e. The molecule has 1 amide bonds. The summed E-state index contributed by atoms with van der Waals surface area (Å²) in [6.45, 7) is 3.10. The van der Waals surface area contributed by atoms with Crippen LogP contribution in [0.1, 0.15) is 18.2 Å². The lowest BCUT2D eigenvalue weighted by molar-refractivity contribution is -0.122. The van der Waals surface area contributed by atoms with Gasteiger partial charge in [0.1, 0.15) is 11.5 Å². The highest BCUT2D eigenvalue weighted by atomic mass is 16.5. The molecule has 1 aliphatic heterocycles. The molecule has 1 aromatic carbocycles. The Morgan fingerprint density at radius 2 is 2.20 bits per heavy atom. The topological polar surface area (TPSA) is 63.5 Å². The van der Waals surface area contributed by atoms with Crippen LogP contribution in [0.5, 0.6) is 5.75 Å². The maximum absolute atomic E-state index is 11.6. The number of furan rings is 1. The Kier molecular flexibility index (Phi) is 3.43. The molecule has 104 valence electrons. The number of amides is 1. The van der Waals surface area contributed by atoms with Crippen molar-refractivity contribution in [3.63, 3.8) is 0 Å². The third-order valence-electron chi connectivity index (χ3n) is 3.18. The van der Waals surface area contributed by atoms with E-state index in [9.17, 15) is 4.79 Å². The van der Waals surface area contributed by atoms with Crippen LogP contribution in [-0.2, 0) is 17.9 Å². The lowest BCUT2D eigenvalue weighted by Crippen LogP contribution is -2.34. The minimum atomic E-state index is -0.439. The van der Waals surface area contributed by atoms with Gasteiger partial charge in [0, 0.05) is 6.54 Å². The summed E-state index contributed by atoms with van der Waals surface area (Å²) in [5.41, 5.74) is 1.80. The molecule has 5 heteroatoms. The molecule has 2 aromatic rings. The van der Waals surface area contributed by atoms with E-state index in [1.807, 2.05) is 30.3 Å². The number of hydrogen-bond donors (Lipinski definition) is 2. The van der Waals surface area contributed by atoms with Gasteiger partial charge in [-0.15, -0.1) is 0 Å². The number of hydrogen-bond acceptors (Lipinski definition) is 4. The summed E-state index contributed by atoms with van der Waals surface area (Å²) < 4.78 is 10.8. The maximum Gasteiger partial charge on any atom is 0.265 e. The molecule has 0 bridgehead atoms. The van der Waals surface area contributed by atoms with Gasteiger partial charge in [0.25, 0.3) is 5.91 Å². The van der Waals surface area contributed by atoms with Crippen LogP contribution >= 0.6 is 0 Å². The quantitative estimate of drug-likeness (QED) is 0.896. The number of rotatable bonds is 4. The number of carbonyl (C=O) groups is 1. The van der Waals surface area contributed by atoms with Crippen LogP contribution in [0, 0.1) is 0 Å². The highest BCUT2D eigenvalue weighted by Gasteiger charge is 2.23. The highest BCUT2D eigenvalue weighted by Crippen LogP contribution is 2.30. The van der Waals surface area contributed by atoms with E-state index in [0.29, 0.717) is 18.8 Å². The molecule has 20 heavy (non-hydrogen) atoms. The Hall–Kier alpha value is -2.27. The number of anilines is 1. The Morgan fingerprint density at radius 3 is 3.00 bits per heavy atom. The van der Waals surface area contributed by atoms with Crippen LogP contribution in [0.3, 0.4) is 0 Å². The van der Waals surface area contributed by atoms with E-state index in [2.05, 4.69) is 10.6 Å². The van der Waals surface area contributed by atoms with E-state index in [0.717, 1.165) is 17.0 Å². The molecule has 1 unspecified atom stereocenters. The number of ether oxygens (including phenoxy) is 1. The van der Waals surface area contributed by atoms with Crippen molar-refractivity contribution in [2.24, 2.45) is 0 Å². The van der Waals surface area contributed by atoms with Gasteiger partial charge in [0.2, 0.25) is 0 Å². The molecule has 1 aromatic heterocycles. The number of fused-ring (bicyclic) bond motifs is 1. The molecule has 0 fully saturated rings. The van der Waals surface area contributed by atoms with Crippen molar-refractivity contribution in [2.45, 2.75) is 26.1 Å². The van der Waals surface area contributed by atoms with Crippen molar-refractivity contribution >= 4 is 11.6 Å². The molecule has 0 saturated carbocycles.